The van der Waals surface area contributed by atoms with Crippen LogP contribution >= 0.6 is 0 Å². The Morgan fingerprint density at radius 2 is 1.67 bits per heavy atom. The summed E-state index contributed by atoms with van der Waals surface area (Å²) in [4.78, 5) is 34.0. The van der Waals surface area contributed by atoms with Crippen molar-refractivity contribution in [2.45, 2.75) is 6.04 Å². The molecule has 1 fully saturated rings. The number of hydrogen-bond acceptors (Lipinski definition) is 5. The van der Waals surface area contributed by atoms with E-state index in [0.717, 1.165) is 0 Å². The van der Waals surface area contributed by atoms with Crippen molar-refractivity contribution < 1.29 is 19.6 Å². The number of nitro groups is 1. The van der Waals surface area contributed by atoms with Crippen molar-refractivity contribution in [3.63, 3.8) is 0 Å². The molecule has 1 atom stereocenters. The van der Waals surface area contributed by atoms with E-state index in [4.69, 9.17) is 0 Å². The Bertz CT molecular complexity index is 856. The molecule has 120 valence electrons. The molecule has 1 heterocycles. The number of nitrogens with zero attached hydrogens (tertiary/aromatic N) is 1. The molecule has 2 aromatic carbocycles. The normalized spacial score (nSPS) is 19.1. The van der Waals surface area contributed by atoms with Crippen LogP contribution in [0.1, 0.15) is 17.2 Å². The molecule has 7 heteroatoms. The molecule has 0 aliphatic carbocycles. The fraction of sp³-hybridized carbons (Fsp3) is 0.0588. The van der Waals surface area contributed by atoms with Gasteiger partial charge in [-0.1, -0.05) is 30.3 Å². The Morgan fingerprint density at radius 3 is 2.25 bits per heavy atom. The molecule has 3 rings (SSSR count). The van der Waals surface area contributed by atoms with E-state index in [2.05, 4.69) is 5.32 Å². The number of amides is 1. The van der Waals surface area contributed by atoms with Gasteiger partial charge in [0, 0.05) is 17.7 Å². The zero-order chi connectivity index (χ0) is 17.3. The Balaban J connectivity index is 2.08. The van der Waals surface area contributed by atoms with Crippen molar-refractivity contribution in [3.05, 3.63) is 81.4 Å². The first kappa shape index (κ1) is 15.4. The van der Waals surface area contributed by atoms with Crippen LogP contribution in [0.25, 0.3) is 5.76 Å². The molecule has 1 unspecified atom stereocenters. The summed E-state index contributed by atoms with van der Waals surface area (Å²) in [5, 5.41) is 23.7. The number of non-ortho nitro benzene ring substituents is 1. The van der Waals surface area contributed by atoms with E-state index in [-0.39, 0.29) is 22.6 Å². The van der Waals surface area contributed by atoms with Crippen LogP contribution in [0.15, 0.2) is 60.2 Å². The van der Waals surface area contributed by atoms with Crippen LogP contribution in [0, 0.1) is 10.1 Å². The number of aliphatic hydroxyl groups is 1. The molecule has 2 N–H and O–H groups in total. The van der Waals surface area contributed by atoms with E-state index in [1.54, 1.807) is 30.3 Å². The molecular weight excluding hydrogens is 312 g/mol. The summed E-state index contributed by atoms with van der Waals surface area (Å²) in [6, 6.07) is 13.1. The first-order chi connectivity index (χ1) is 11.5. The minimum atomic E-state index is -0.820. The lowest BCUT2D eigenvalue weighted by molar-refractivity contribution is -0.384. The van der Waals surface area contributed by atoms with Gasteiger partial charge in [-0.15, -0.1) is 0 Å². The van der Waals surface area contributed by atoms with Crippen molar-refractivity contribution in [2.24, 2.45) is 0 Å². The number of nitro benzene ring substituents is 1. The van der Waals surface area contributed by atoms with Crippen LogP contribution in [0.2, 0.25) is 0 Å². The first-order valence-electron chi connectivity index (χ1n) is 7.07. The standard InChI is InChI=1S/C17H12N2O5/c20-15(11-6-8-12(9-7-11)19(23)24)13-14(18-17(22)16(13)21)10-4-2-1-3-5-10/h1-9,14,20H,(H,18,22)/b15-13-. The van der Waals surface area contributed by atoms with Crippen molar-refractivity contribution in [3.8, 4) is 0 Å². The average molecular weight is 324 g/mol. The van der Waals surface area contributed by atoms with Crippen LogP contribution in [0.3, 0.4) is 0 Å². The fourth-order valence-electron chi connectivity index (χ4n) is 2.56. The van der Waals surface area contributed by atoms with Crippen LogP contribution in [0.4, 0.5) is 5.69 Å². The molecule has 1 saturated heterocycles. The number of nitrogens with one attached hydrogen (secondary N) is 1. The number of carbonyl (C=O) groups excluding carboxylic acids is 2. The lowest BCUT2D eigenvalue weighted by atomic mass is 9.96. The second-order valence-electron chi connectivity index (χ2n) is 5.21. The van der Waals surface area contributed by atoms with Gasteiger partial charge in [-0.05, 0) is 17.7 Å². The van der Waals surface area contributed by atoms with Crippen molar-refractivity contribution in [2.75, 3.05) is 0 Å². The zero-order valence-corrected chi connectivity index (χ0v) is 12.3. The minimum Gasteiger partial charge on any atom is -0.507 e. The Morgan fingerprint density at radius 1 is 1.04 bits per heavy atom. The summed E-state index contributed by atoms with van der Waals surface area (Å²) >= 11 is 0. The Hall–Kier alpha value is -3.48. The highest BCUT2D eigenvalue weighted by Crippen LogP contribution is 2.33. The van der Waals surface area contributed by atoms with E-state index in [1.165, 1.54) is 24.3 Å². The highest BCUT2D eigenvalue weighted by atomic mass is 16.6. The number of hydrogen-bond donors (Lipinski definition) is 2. The van der Waals surface area contributed by atoms with Crippen LogP contribution in [-0.4, -0.2) is 21.7 Å². The van der Waals surface area contributed by atoms with Gasteiger partial charge < -0.3 is 10.4 Å². The second kappa shape index (κ2) is 5.96. The molecule has 24 heavy (non-hydrogen) atoms. The summed E-state index contributed by atoms with van der Waals surface area (Å²) in [6.45, 7) is 0. The van der Waals surface area contributed by atoms with Gasteiger partial charge in [-0.3, -0.25) is 19.7 Å². The van der Waals surface area contributed by atoms with Gasteiger partial charge in [0.05, 0.1) is 16.5 Å². The van der Waals surface area contributed by atoms with Crippen molar-refractivity contribution in [1.29, 1.82) is 0 Å². The van der Waals surface area contributed by atoms with E-state index >= 15 is 0 Å². The highest BCUT2D eigenvalue weighted by molar-refractivity contribution is 6.46. The molecule has 1 aliphatic rings. The Labute approximate surface area is 136 Å². The predicted octanol–water partition coefficient (Wildman–Crippen LogP) is 2.30. The topological polar surface area (TPSA) is 110 Å². The average Bonchev–Trinajstić information content (AvgIpc) is 2.90. The number of carbonyl (C=O) groups is 2. The van der Waals surface area contributed by atoms with Gasteiger partial charge in [-0.2, -0.15) is 0 Å². The largest absolute Gasteiger partial charge is 0.507 e. The minimum absolute atomic E-state index is 0.0694. The molecule has 0 aromatic heterocycles. The molecule has 7 nitrogen and oxygen atoms in total. The lowest BCUT2D eigenvalue weighted by Crippen LogP contribution is -2.21. The van der Waals surface area contributed by atoms with Crippen molar-refractivity contribution >= 4 is 23.1 Å². The van der Waals surface area contributed by atoms with Crippen molar-refractivity contribution in [1.82, 2.24) is 5.32 Å². The molecule has 2 aromatic rings. The monoisotopic (exact) mass is 324 g/mol. The van der Waals surface area contributed by atoms with E-state index in [9.17, 15) is 24.8 Å². The summed E-state index contributed by atoms with van der Waals surface area (Å²) in [7, 11) is 0. The fourth-order valence-corrected chi connectivity index (χ4v) is 2.56. The lowest BCUT2D eigenvalue weighted by Gasteiger charge is -2.13. The number of ketones is 1. The summed E-state index contributed by atoms with van der Waals surface area (Å²) in [5.41, 5.74) is 0.671. The van der Waals surface area contributed by atoms with Gasteiger partial charge in [0.25, 0.3) is 17.4 Å². The molecule has 1 aliphatic heterocycles. The quantitative estimate of drug-likeness (QED) is 0.296. The molecule has 0 spiro atoms. The van der Waals surface area contributed by atoms with Gasteiger partial charge in [-0.25, -0.2) is 0 Å². The van der Waals surface area contributed by atoms with Crippen LogP contribution < -0.4 is 5.32 Å². The maximum atomic E-state index is 12.1. The molecule has 0 radical (unpaired) electrons. The summed E-state index contributed by atoms with van der Waals surface area (Å²) < 4.78 is 0. The van der Waals surface area contributed by atoms with Gasteiger partial charge in [0.2, 0.25) is 0 Å². The van der Waals surface area contributed by atoms with Gasteiger partial charge in [0.1, 0.15) is 5.76 Å². The smallest absolute Gasteiger partial charge is 0.293 e. The second-order valence-corrected chi connectivity index (χ2v) is 5.21. The number of benzene rings is 2. The third kappa shape index (κ3) is 2.63. The van der Waals surface area contributed by atoms with Crippen LogP contribution in [0.5, 0.6) is 0 Å². The number of Topliss-reactive ketones (excluding diaryl/α,β-unsaturated/α-hetero) is 1. The third-order valence-electron chi connectivity index (χ3n) is 3.75. The summed E-state index contributed by atoms with van der Waals surface area (Å²) in [5.74, 6) is -1.99. The number of rotatable bonds is 3. The first-order valence-corrected chi connectivity index (χ1v) is 7.07. The Kier molecular flexibility index (Phi) is 3.83. The SMILES string of the molecule is O=C1NC(c2ccccc2)/C(=C(/O)c2ccc([N+](=O)[O-])cc2)C1=O. The highest BCUT2D eigenvalue weighted by Gasteiger charge is 2.39. The third-order valence-corrected chi connectivity index (χ3v) is 3.75. The van der Waals surface area contributed by atoms with Crippen LogP contribution in [-0.2, 0) is 9.59 Å². The predicted molar refractivity (Wildman–Crippen MR) is 85.0 cm³/mol. The maximum absolute atomic E-state index is 12.1. The number of aliphatic hydroxyl groups excluding tert-OH is 1. The molecule has 1 amide bonds. The van der Waals surface area contributed by atoms with E-state index in [0.29, 0.717) is 5.56 Å². The van der Waals surface area contributed by atoms with Gasteiger partial charge >= 0.3 is 0 Å². The van der Waals surface area contributed by atoms with Gasteiger partial charge in [0.15, 0.2) is 0 Å². The molecule has 0 saturated carbocycles. The zero-order valence-electron chi connectivity index (χ0n) is 12.3. The maximum Gasteiger partial charge on any atom is 0.293 e. The molecule has 0 bridgehead atoms. The molecular formula is C17H12N2O5. The van der Waals surface area contributed by atoms with E-state index in [1.807, 2.05) is 0 Å². The van der Waals surface area contributed by atoms with E-state index < -0.39 is 22.7 Å². The summed E-state index contributed by atoms with van der Waals surface area (Å²) in [6.07, 6.45) is 0.